The van der Waals surface area contributed by atoms with Gasteiger partial charge < -0.3 is 4.74 Å². The molecule has 2 fully saturated rings. The molecule has 0 radical (unpaired) electrons. The Labute approximate surface area is 174 Å². The van der Waals surface area contributed by atoms with E-state index in [1.165, 1.54) is 44.2 Å². The zero-order valence-electron chi connectivity index (χ0n) is 17.5. The fourth-order valence-corrected chi connectivity index (χ4v) is 3.83. The van der Waals surface area contributed by atoms with Crippen LogP contribution in [0.1, 0.15) is 44.6 Å². The minimum absolute atomic E-state index is 0.0666. The summed E-state index contributed by atoms with van der Waals surface area (Å²) in [5.74, 6) is 0. The van der Waals surface area contributed by atoms with Gasteiger partial charge in [0.1, 0.15) is 0 Å². The molecule has 7 nitrogen and oxygen atoms in total. The molecule has 1 aliphatic heterocycles. The van der Waals surface area contributed by atoms with Crippen LogP contribution in [0.5, 0.6) is 0 Å². The number of hydrogen-bond acceptors (Lipinski definition) is 6. The first-order chi connectivity index (χ1) is 13.9. The van der Waals surface area contributed by atoms with E-state index in [1.54, 1.807) is 12.1 Å². The molecule has 29 heavy (non-hydrogen) atoms. The lowest BCUT2D eigenvalue weighted by atomic mass is 9.96. The van der Waals surface area contributed by atoms with E-state index in [4.69, 9.17) is 9.29 Å². The molecule has 1 saturated heterocycles. The maximum atomic E-state index is 10.5. The highest BCUT2D eigenvalue weighted by molar-refractivity contribution is 7.85. The molecule has 0 aromatic heterocycles. The highest BCUT2D eigenvalue weighted by Gasteiger charge is 2.16. The van der Waals surface area contributed by atoms with Crippen molar-refractivity contribution in [2.75, 3.05) is 32.8 Å². The molecule has 2 aliphatic rings. The predicted molar refractivity (Wildman–Crippen MR) is 114 cm³/mol. The number of hydrogen-bond donors (Lipinski definition) is 1. The van der Waals surface area contributed by atoms with Gasteiger partial charge >= 0.3 is 0 Å². The first-order valence-corrected chi connectivity index (χ1v) is 11.8. The Kier molecular flexibility index (Phi) is 9.97. The summed E-state index contributed by atoms with van der Waals surface area (Å²) in [5.41, 5.74) is 0.956. The maximum absolute atomic E-state index is 10.5. The lowest BCUT2D eigenvalue weighted by Crippen LogP contribution is -2.43. The van der Waals surface area contributed by atoms with Crippen molar-refractivity contribution < 1.29 is 17.7 Å². The van der Waals surface area contributed by atoms with E-state index >= 15 is 0 Å². The summed E-state index contributed by atoms with van der Waals surface area (Å²) in [7, 11) is -4.02. The van der Waals surface area contributed by atoms with Crippen LogP contribution in [0.3, 0.4) is 0 Å². The minimum Gasteiger partial charge on any atom is -0.379 e. The molecular formula is C21H33N3O4S. The average Bonchev–Trinajstić information content (AvgIpc) is 2.72. The van der Waals surface area contributed by atoms with E-state index < -0.39 is 10.1 Å². The van der Waals surface area contributed by atoms with Crippen LogP contribution in [0, 0.1) is 6.92 Å². The molecule has 0 amide bonds. The maximum Gasteiger partial charge on any atom is 0.294 e. The van der Waals surface area contributed by atoms with Crippen molar-refractivity contribution in [3.63, 3.8) is 0 Å². The van der Waals surface area contributed by atoms with Gasteiger partial charge in [-0.05, 0) is 38.8 Å². The van der Waals surface area contributed by atoms with Crippen LogP contribution in [0.25, 0.3) is 0 Å². The summed E-state index contributed by atoms with van der Waals surface area (Å²) in [6.45, 7) is 8.61. The molecule has 0 spiro atoms. The third-order valence-corrected chi connectivity index (χ3v) is 6.10. The summed E-state index contributed by atoms with van der Waals surface area (Å²) in [6, 6.07) is 9.87. The SMILES string of the molecule is CC(CN=C=NC1CCCCC1)N1CCOCC1.Cc1ccc(S(=O)(=O)O)cc1. The van der Waals surface area contributed by atoms with Gasteiger partial charge in [0, 0.05) is 19.1 Å². The van der Waals surface area contributed by atoms with Crippen LogP contribution in [0.15, 0.2) is 39.1 Å². The summed E-state index contributed by atoms with van der Waals surface area (Å²) >= 11 is 0. The Morgan fingerprint density at radius 3 is 2.38 bits per heavy atom. The lowest BCUT2D eigenvalue weighted by molar-refractivity contribution is 0.0221. The van der Waals surface area contributed by atoms with E-state index in [9.17, 15) is 8.42 Å². The summed E-state index contributed by atoms with van der Waals surface area (Å²) in [5, 5.41) is 0. The van der Waals surface area contributed by atoms with Crippen LogP contribution >= 0.6 is 0 Å². The number of nitrogens with zero attached hydrogens (tertiary/aromatic N) is 3. The first-order valence-electron chi connectivity index (χ1n) is 10.3. The second-order valence-corrected chi connectivity index (χ2v) is 9.07. The zero-order valence-corrected chi connectivity index (χ0v) is 18.3. The summed E-state index contributed by atoms with van der Waals surface area (Å²) in [6.07, 6.45) is 6.46. The predicted octanol–water partition coefficient (Wildman–Crippen LogP) is 3.46. The van der Waals surface area contributed by atoms with E-state index in [0.29, 0.717) is 12.1 Å². The quantitative estimate of drug-likeness (QED) is 0.578. The molecule has 162 valence electrons. The molecule has 1 heterocycles. The minimum atomic E-state index is -4.02. The molecule has 1 aliphatic carbocycles. The zero-order chi connectivity index (χ0) is 21.1. The molecule has 8 heteroatoms. The molecule has 1 aromatic carbocycles. The van der Waals surface area contributed by atoms with E-state index in [2.05, 4.69) is 27.8 Å². The third kappa shape index (κ3) is 9.19. The normalized spacial score (nSPS) is 19.4. The van der Waals surface area contributed by atoms with Crippen molar-refractivity contribution in [1.29, 1.82) is 0 Å². The van der Waals surface area contributed by atoms with E-state index in [1.807, 2.05) is 6.92 Å². The molecule has 0 bridgehead atoms. The van der Waals surface area contributed by atoms with Crippen LogP contribution in [-0.2, 0) is 14.9 Å². The van der Waals surface area contributed by atoms with Crippen molar-refractivity contribution in [2.24, 2.45) is 9.98 Å². The van der Waals surface area contributed by atoms with Gasteiger partial charge in [-0.1, -0.05) is 37.0 Å². The Bertz CT molecular complexity index is 762. The third-order valence-electron chi connectivity index (χ3n) is 5.23. The lowest BCUT2D eigenvalue weighted by Gasteiger charge is -2.31. The number of aliphatic imine (C=N–C) groups is 2. The smallest absolute Gasteiger partial charge is 0.294 e. The number of ether oxygens (including phenoxy) is 1. The van der Waals surface area contributed by atoms with Crippen LogP contribution in [0.2, 0.25) is 0 Å². The van der Waals surface area contributed by atoms with Gasteiger partial charge in [0.05, 0.1) is 36.7 Å². The molecule has 1 N–H and O–H groups in total. The largest absolute Gasteiger partial charge is 0.379 e. The monoisotopic (exact) mass is 423 g/mol. The standard InChI is InChI=1S/C14H25N3O.C7H8O3S/c1-13(17-7-9-18-10-8-17)11-15-12-16-14-5-3-2-4-6-14;1-6-2-4-7(5-3-6)11(8,9)10/h13-14H,2-11H2,1H3;2-5H,1H3,(H,8,9,10). The van der Waals surface area contributed by atoms with Gasteiger partial charge in [0.15, 0.2) is 0 Å². The number of benzene rings is 1. The number of rotatable bonds is 5. The Hall–Kier alpha value is -1.57. The van der Waals surface area contributed by atoms with Crippen LogP contribution in [0.4, 0.5) is 0 Å². The number of morpholine rings is 1. The highest BCUT2D eigenvalue weighted by Crippen LogP contribution is 2.19. The van der Waals surface area contributed by atoms with Gasteiger partial charge in [-0.15, -0.1) is 0 Å². The van der Waals surface area contributed by atoms with Crippen molar-refractivity contribution in [1.82, 2.24) is 4.90 Å². The van der Waals surface area contributed by atoms with E-state index in [0.717, 1.165) is 38.4 Å². The first kappa shape index (κ1) is 23.7. The molecule has 1 aromatic rings. The molecular weight excluding hydrogens is 390 g/mol. The second kappa shape index (κ2) is 12.2. The second-order valence-electron chi connectivity index (χ2n) is 7.65. The molecule has 3 rings (SSSR count). The van der Waals surface area contributed by atoms with Gasteiger partial charge in [-0.2, -0.15) is 8.42 Å². The highest BCUT2D eigenvalue weighted by atomic mass is 32.2. The topological polar surface area (TPSA) is 91.6 Å². The van der Waals surface area contributed by atoms with Crippen LogP contribution < -0.4 is 0 Å². The molecule has 1 saturated carbocycles. The van der Waals surface area contributed by atoms with Crippen molar-refractivity contribution in [3.8, 4) is 0 Å². The Balaban J connectivity index is 0.000000234. The van der Waals surface area contributed by atoms with Crippen molar-refractivity contribution >= 4 is 16.1 Å². The summed E-state index contributed by atoms with van der Waals surface area (Å²) in [4.78, 5) is 11.1. The fourth-order valence-electron chi connectivity index (χ4n) is 3.35. The number of aryl methyl sites for hydroxylation is 1. The van der Waals surface area contributed by atoms with Crippen LogP contribution in [-0.4, -0.2) is 68.8 Å². The van der Waals surface area contributed by atoms with Crippen molar-refractivity contribution in [2.45, 2.75) is 62.9 Å². The van der Waals surface area contributed by atoms with Crippen molar-refractivity contribution in [3.05, 3.63) is 29.8 Å². The van der Waals surface area contributed by atoms with Gasteiger partial charge in [-0.25, -0.2) is 9.98 Å². The van der Waals surface area contributed by atoms with Gasteiger partial charge in [-0.3, -0.25) is 9.45 Å². The average molecular weight is 424 g/mol. The van der Waals surface area contributed by atoms with Gasteiger partial charge in [0.25, 0.3) is 10.1 Å². The van der Waals surface area contributed by atoms with Gasteiger partial charge in [0.2, 0.25) is 0 Å². The van der Waals surface area contributed by atoms with E-state index in [-0.39, 0.29) is 4.90 Å². The Morgan fingerprint density at radius 2 is 1.79 bits per heavy atom. The Morgan fingerprint density at radius 1 is 1.17 bits per heavy atom. The summed E-state index contributed by atoms with van der Waals surface area (Å²) < 4.78 is 34.9. The molecule has 1 unspecified atom stereocenters. The molecule has 1 atom stereocenters. The fraction of sp³-hybridized carbons (Fsp3) is 0.667.